The number of hydrogen-bond acceptors (Lipinski definition) is 1. The fraction of sp³-hybridized carbons (Fsp3) is 0.250. The van der Waals surface area contributed by atoms with E-state index in [2.05, 4.69) is 12.1 Å². The lowest BCUT2D eigenvalue weighted by atomic mass is 10.1. The summed E-state index contributed by atoms with van der Waals surface area (Å²) >= 11 is 12.3. The van der Waals surface area contributed by atoms with Gasteiger partial charge in [-0.05, 0) is 36.6 Å². The average molecular weight is 295 g/mol. The molecule has 1 unspecified atom stereocenters. The summed E-state index contributed by atoms with van der Waals surface area (Å²) in [6, 6.07) is 15.9. The van der Waals surface area contributed by atoms with E-state index in [9.17, 15) is 0 Å². The second-order valence-electron chi connectivity index (χ2n) is 4.49. The van der Waals surface area contributed by atoms with Crippen molar-refractivity contribution in [3.8, 4) is 5.75 Å². The molecule has 0 aliphatic rings. The van der Waals surface area contributed by atoms with Gasteiger partial charge in [-0.1, -0.05) is 59.6 Å². The lowest BCUT2D eigenvalue weighted by molar-refractivity contribution is 0.270. The lowest BCUT2D eigenvalue weighted by Gasteiger charge is -2.14. The van der Waals surface area contributed by atoms with Gasteiger partial charge in [0.2, 0.25) is 0 Å². The van der Waals surface area contributed by atoms with E-state index < -0.39 is 0 Å². The molecule has 0 aromatic heterocycles. The molecule has 100 valence electrons. The Balaban J connectivity index is 1.90. The zero-order chi connectivity index (χ0) is 13.7. The molecule has 0 radical (unpaired) electrons. The van der Waals surface area contributed by atoms with Crippen molar-refractivity contribution in [3.05, 3.63) is 64.7 Å². The van der Waals surface area contributed by atoms with E-state index in [1.807, 2.05) is 43.3 Å². The average Bonchev–Trinajstić information content (AvgIpc) is 2.42. The van der Waals surface area contributed by atoms with Crippen LogP contribution in [-0.2, 0) is 6.42 Å². The molecule has 0 heterocycles. The molecular weight excluding hydrogens is 279 g/mol. The van der Waals surface area contributed by atoms with Crippen LogP contribution in [0.5, 0.6) is 5.75 Å². The van der Waals surface area contributed by atoms with Crippen LogP contribution < -0.4 is 4.74 Å². The minimum Gasteiger partial charge on any atom is -0.473 e. The summed E-state index contributed by atoms with van der Waals surface area (Å²) in [5, 5.41) is 0.593. The quantitative estimate of drug-likeness (QED) is 0.687. The van der Waals surface area contributed by atoms with Crippen molar-refractivity contribution in [1.29, 1.82) is 0 Å². The number of ether oxygens (including phenoxy) is 1. The Morgan fingerprint density at radius 1 is 1.11 bits per heavy atom. The molecule has 2 rings (SSSR count). The van der Waals surface area contributed by atoms with Crippen LogP contribution in [0, 0.1) is 6.92 Å². The second-order valence-corrected chi connectivity index (χ2v) is 5.38. The highest BCUT2D eigenvalue weighted by Gasteiger charge is 2.09. The van der Waals surface area contributed by atoms with Crippen LogP contribution in [0.2, 0.25) is 5.02 Å². The summed E-state index contributed by atoms with van der Waals surface area (Å²) in [5.74, 6) is 0.648. The Hall–Kier alpha value is -1.18. The van der Waals surface area contributed by atoms with E-state index in [1.54, 1.807) is 0 Å². The van der Waals surface area contributed by atoms with Gasteiger partial charge < -0.3 is 4.74 Å². The van der Waals surface area contributed by atoms with Crippen LogP contribution in [0.1, 0.15) is 17.5 Å². The summed E-state index contributed by atoms with van der Waals surface area (Å²) in [7, 11) is 0. The molecule has 1 nitrogen and oxygen atoms in total. The highest BCUT2D eigenvalue weighted by Crippen LogP contribution is 2.27. The molecular formula is C16H16Cl2O. The number of benzene rings is 2. The van der Waals surface area contributed by atoms with Crippen molar-refractivity contribution in [2.45, 2.75) is 25.3 Å². The molecule has 0 bridgehead atoms. The Morgan fingerprint density at radius 2 is 1.84 bits per heavy atom. The number of alkyl halides is 1. The third-order valence-corrected chi connectivity index (χ3v) is 3.46. The van der Waals surface area contributed by atoms with E-state index in [-0.39, 0.29) is 5.56 Å². The Labute approximate surface area is 124 Å². The van der Waals surface area contributed by atoms with Crippen LogP contribution in [-0.4, -0.2) is 5.56 Å². The monoisotopic (exact) mass is 294 g/mol. The summed E-state index contributed by atoms with van der Waals surface area (Å²) in [5.41, 5.74) is 1.98. The predicted octanol–water partition coefficient (Wildman–Crippen LogP) is 5.22. The van der Waals surface area contributed by atoms with Gasteiger partial charge >= 0.3 is 0 Å². The molecule has 0 fully saturated rings. The van der Waals surface area contributed by atoms with Crippen LogP contribution in [0.25, 0.3) is 0 Å². The third-order valence-electron chi connectivity index (χ3n) is 2.84. The molecule has 0 aliphatic heterocycles. The van der Waals surface area contributed by atoms with E-state index in [1.165, 1.54) is 5.56 Å². The van der Waals surface area contributed by atoms with Crippen molar-refractivity contribution in [2.75, 3.05) is 0 Å². The molecule has 2 aromatic rings. The SMILES string of the molecule is Cc1ccc(Cl)c(OC(Cl)CCc2ccccc2)c1. The molecule has 0 saturated heterocycles. The maximum atomic E-state index is 6.21. The third kappa shape index (κ3) is 4.45. The molecule has 2 aromatic carbocycles. The Kier molecular flexibility index (Phi) is 5.12. The summed E-state index contributed by atoms with van der Waals surface area (Å²) in [4.78, 5) is 0. The smallest absolute Gasteiger partial charge is 0.172 e. The molecule has 0 N–H and O–H groups in total. The highest BCUT2D eigenvalue weighted by atomic mass is 35.5. The summed E-state index contributed by atoms with van der Waals surface area (Å²) in [6.07, 6.45) is 1.63. The first-order valence-corrected chi connectivity index (χ1v) is 7.07. The van der Waals surface area contributed by atoms with Gasteiger partial charge in [0.15, 0.2) is 5.56 Å². The largest absolute Gasteiger partial charge is 0.473 e. The minimum atomic E-state index is -0.375. The van der Waals surface area contributed by atoms with Crippen molar-refractivity contribution < 1.29 is 4.74 Å². The summed E-state index contributed by atoms with van der Waals surface area (Å²) < 4.78 is 5.68. The van der Waals surface area contributed by atoms with Gasteiger partial charge in [0.05, 0.1) is 5.02 Å². The molecule has 1 atom stereocenters. The van der Waals surface area contributed by atoms with E-state index in [4.69, 9.17) is 27.9 Å². The normalized spacial score (nSPS) is 12.2. The van der Waals surface area contributed by atoms with Crippen LogP contribution in [0.3, 0.4) is 0 Å². The first-order valence-electron chi connectivity index (χ1n) is 6.26. The van der Waals surface area contributed by atoms with E-state index in [0.717, 1.165) is 18.4 Å². The second kappa shape index (κ2) is 6.83. The molecule has 3 heteroatoms. The fourth-order valence-electron chi connectivity index (χ4n) is 1.82. The molecule has 0 amide bonds. The zero-order valence-corrected chi connectivity index (χ0v) is 12.3. The van der Waals surface area contributed by atoms with Gasteiger partial charge in [0.25, 0.3) is 0 Å². The van der Waals surface area contributed by atoms with Gasteiger partial charge in [0.1, 0.15) is 5.75 Å². The van der Waals surface area contributed by atoms with Gasteiger partial charge in [-0.25, -0.2) is 0 Å². The molecule has 0 aliphatic carbocycles. The van der Waals surface area contributed by atoms with Gasteiger partial charge in [-0.15, -0.1) is 0 Å². The zero-order valence-electron chi connectivity index (χ0n) is 10.8. The first kappa shape index (κ1) is 14.2. The van der Waals surface area contributed by atoms with E-state index >= 15 is 0 Å². The van der Waals surface area contributed by atoms with Gasteiger partial charge in [-0.2, -0.15) is 0 Å². The van der Waals surface area contributed by atoms with Crippen LogP contribution >= 0.6 is 23.2 Å². The van der Waals surface area contributed by atoms with Gasteiger partial charge in [-0.3, -0.25) is 0 Å². The topological polar surface area (TPSA) is 9.23 Å². The molecule has 0 saturated carbocycles. The van der Waals surface area contributed by atoms with Crippen molar-refractivity contribution in [2.24, 2.45) is 0 Å². The standard InChI is InChI=1S/C16H16Cl2O/c1-12-7-9-14(17)15(11-12)19-16(18)10-8-13-5-3-2-4-6-13/h2-7,9,11,16H,8,10H2,1H3. The summed E-state index contributed by atoms with van der Waals surface area (Å²) in [6.45, 7) is 2.00. The highest BCUT2D eigenvalue weighted by molar-refractivity contribution is 6.32. The maximum absolute atomic E-state index is 6.21. The minimum absolute atomic E-state index is 0.375. The molecule has 0 spiro atoms. The van der Waals surface area contributed by atoms with Crippen molar-refractivity contribution in [3.63, 3.8) is 0 Å². The van der Waals surface area contributed by atoms with Crippen LogP contribution in [0.15, 0.2) is 48.5 Å². The number of hydrogen-bond donors (Lipinski definition) is 0. The Bertz CT molecular complexity index is 526. The lowest BCUT2D eigenvalue weighted by Crippen LogP contribution is -2.10. The van der Waals surface area contributed by atoms with Crippen molar-refractivity contribution >= 4 is 23.2 Å². The van der Waals surface area contributed by atoms with Gasteiger partial charge in [0, 0.05) is 6.42 Å². The van der Waals surface area contributed by atoms with E-state index in [0.29, 0.717) is 10.8 Å². The predicted molar refractivity (Wildman–Crippen MR) is 81.2 cm³/mol. The maximum Gasteiger partial charge on any atom is 0.172 e. The number of rotatable bonds is 5. The molecule has 19 heavy (non-hydrogen) atoms. The Morgan fingerprint density at radius 3 is 2.58 bits per heavy atom. The van der Waals surface area contributed by atoms with Crippen molar-refractivity contribution in [1.82, 2.24) is 0 Å². The number of aryl methyl sites for hydroxylation is 2. The fourth-order valence-corrected chi connectivity index (χ4v) is 2.19. The number of halogens is 2. The van der Waals surface area contributed by atoms with Crippen LogP contribution in [0.4, 0.5) is 0 Å². The first-order chi connectivity index (χ1) is 9.15.